The highest BCUT2D eigenvalue weighted by atomic mass is 35.5. The van der Waals surface area contributed by atoms with Gasteiger partial charge in [0.05, 0.1) is 5.02 Å². The molecule has 1 nitrogen and oxygen atoms in total. The third-order valence-corrected chi connectivity index (χ3v) is 2.99. The number of hydrogen-bond donors (Lipinski definition) is 0. The van der Waals surface area contributed by atoms with Gasteiger partial charge in [-0.05, 0) is 18.1 Å². The molecule has 0 bridgehead atoms. The fraction of sp³-hybridized carbons (Fsp3) is 0.385. The fourth-order valence-corrected chi connectivity index (χ4v) is 2.32. The van der Waals surface area contributed by atoms with Crippen molar-refractivity contribution in [1.82, 2.24) is 0 Å². The third kappa shape index (κ3) is 1.65. The third-order valence-electron chi connectivity index (χ3n) is 2.68. The minimum absolute atomic E-state index is 0.445. The van der Waals surface area contributed by atoms with Crippen LogP contribution in [0.15, 0.2) is 22.6 Å². The van der Waals surface area contributed by atoms with Crippen LogP contribution >= 0.6 is 11.6 Å². The van der Waals surface area contributed by atoms with Crippen LogP contribution in [0.2, 0.25) is 5.02 Å². The molecule has 0 saturated carbocycles. The molecule has 0 aliphatic rings. The average Bonchev–Trinajstić information content (AvgIpc) is 2.57. The van der Waals surface area contributed by atoms with Gasteiger partial charge in [0, 0.05) is 17.4 Å². The van der Waals surface area contributed by atoms with E-state index in [0.29, 0.717) is 5.92 Å². The molecule has 80 valence electrons. The molecule has 0 aliphatic heterocycles. The SMILES string of the molecule is CCc1oc2cccc(Cl)c2c1C(C)C. The summed E-state index contributed by atoms with van der Waals surface area (Å²) in [6, 6.07) is 5.83. The van der Waals surface area contributed by atoms with Crippen LogP contribution in [0.4, 0.5) is 0 Å². The molecular formula is C13H15ClO. The molecule has 15 heavy (non-hydrogen) atoms. The molecule has 0 spiro atoms. The molecule has 2 rings (SSSR count). The van der Waals surface area contributed by atoms with Gasteiger partial charge in [-0.3, -0.25) is 0 Å². The van der Waals surface area contributed by atoms with Gasteiger partial charge in [0.2, 0.25) is 0 Å². The van der Waals surface area contributed by atoms with Crippen LogP contribution in [0.5, 0.6) is 0 Å². The summed E-state index contributed by atoms with van der Waals surface area (Å²) in [4.78, 5) is 0. The lowest BCUT2D eigenvalue weighted by Gasteiger charge is -2.05. The van der Waals surface area contributed by atoms with Crippen molar-refractivity contribution in [2.75, 3.05) is 0 Å². The van der Waals surface area contributed by atoms with Gasteiger partial charge in [-0.25, -0.2) is 0 Å². The predicted molar refractivity (Wildman–Crippen MR) is 64.7 cm³/mol. The van der Waals surface area contributed by atoms with Crippen LogP contribution in [-0.2, 0) is 6.42 Å². The van der Waals surface area contributed by atoms with E-state index in [-0.39, 0.29) is 0 Å². The van der Waals surface area contributed by atoms with Crippen molar-refractivity contribution in [2.45, 2.75) is 33.1 Å². The second kappa shape index (κ2) is 3.90. The summed E-state index contributed by atoms with van der Waals surface area (Å²) in [5.41, 5.74) is 2.17. The maximum atomic E-state index is 6.22. The van der Waals surface area contributed by atoms with E-state index in [1.54, 1.807) is 0 Å². The Balaban J connectivity index is 2.82. The van der Waals surface area contributed by atoms with E-state index in [1.807, 2.05) is 18.2 Å². The molecule has 0 N–H and O–H groups in total. The summed E-state index contributed by atoms with van der Waals surface area (Å²) < 4.78 is 5.81. The Morgan fingerprint density at radius 2 is 2.07 bits per heavy atom. The van der Waals surface area contributed by atoms with Gasteiger partial charge in [0.25, 0.3) is 0 Å². The van der Waals surface area contributed by atoms with E-state index < -0.39 is 0 Å². The van der Waals surface area contributed by atoms with Crippen molar-refractivity contribution in [1.29, 1.82) is 0 Å². The van der Waals surface area contributed by atoms with Crippen molar-refractivity contribution in [3.05, 3.63) is 34.5 Å². The van der Waals surface area contributed by atoms with Crippen LogP contribution < -0.4 is 0 Å². The van der Waals surface area contributed by atoms with Crippen LogP contribution in [0.1, 0.15) is 38.0 Å². The number of rotatable bonds is 2. The van der Waals surface area contributed by atoms with E-state index >= 15 is 0 Å². The largest absolute Gasteiger partial charge is 0.461 e. The molecule has 0 atom stereocenters. The maximum absolute atomic E-state index is 6.22. The summed E-state index contributed by atoms with van der Waals surface area (Å²) in [6.45, 7) is 6.46. The normalized spacial score (nSPS) is 11.5. The zero-order valence-corrected chi connectivity index (χ0v) is 10.1. The first-order chi connectivity index (χ1) is 7.15. The summed E-state index contributed by atoms with van der Waals surface area (Å²) in [5, 5.41) is 1.88. The molecule has 2 aromatic rings. The molecule has 0 radical (unpaired) electrons. The first-order valence-corrected chi connectivity index (χ1v) is 5.72. The van der Waals surface area contributed by atoms with Crippen LogP contribution in [0.25, 0.3) is 11.0 Å². The van der Waals surface area contributed by atoms with Gasteiger partial charge < -0.3 is 4.42 Å². The second-order valence-electron chi connectivity index (χ2n) is 4.06. The minimum atomic E-state index is 0.445. The molecular weight excluding hydrogens is 208 g/mol. The van der Waals surface area contributed by atoms with Gasteiger partial charge in [-0.15, -0.1) is 0 Å². The van der Waals surface area contributed by atoms with Crippen molar-refractivity contribution in [3.8, 4) is 0 Å². The van der Waals surface area contributed by atoms with Gasteiger partial charge in [-0.2, -0.15) is 0 Å². The average molecular weight is 223 g/mol. The van der Waals surface area contributed by atoms with Gasteiger partial charge in [0.1, 0.15) is 11.3 Å². The monoisotopic (exact) mass is 222 g/mol. The molecule has 0 amide bonds. The molecule has 0 saturated heterocycles. The van der Waals surface area contributed by atoms with Crippen molar-refractivity contribution in [3.63, 3.8) is 0 Å². The first-order valence-electron chi connectivity index (χ1n) is 5.35. The highest BCUT2D eigenvalue weighted by molar-refractivity contribution is 6.35. The lowest BCUT2D eigenvalue weighted by molar-refractivity contribution is 0.546. The zero-order valence-electron chi connectivity index (χ0n) is 9.30. The number of furan rings is 1. The number of hydrogen-bond acceptors (Lipinski definition) is 1. The molecule has 2 heteroatoms. The second-order valence-corrected chi connectivity index (χ2v) is 4.47. The summed E-state index contributed by atoms with van der Waals surface area (Å²) >= 11 is 6.22. The molecule has 1 aromatic heterocycles. The molecule has 0 aliphatic carbocycles. The predicted octanol–water partition coefficient (Wildman–Crippen LogP) is 4.77. The van der Waals surface area contributed by atoms with Crippen molar-refractivity contribution < 1.29 is 4.42 Å². The van der Waals surface area contributed by atoms with E-state index in [1.165, 1.54) is 5.56 Å². The maximum Gasteiger partial charge on any atom is 0.136 e. The number of benzene rings is 1. The lowest BCUT2D eigenvalue weighted by Crippen LogP contribution is -1.90. The minimum Gasteiger partial charge on any atom is -0.461 e. The molecule has 1 aromatic carbocycles. The first kappa shape index (κ1) is 10.6. The highest BCUT2D eigenvalue weighted by Crippen LogP contribution is 2.36. The number of halogens is 1. The standard InChI is InChI=1S/C13H15ClO/c1-4-10-12(8(2)3)13-9(14)6-5-7-11(13)15-10/h5-8H,4H2,1-3H3. The molecule has 0 unspecified atom stereocenters. The smallest absolute Gasteiger partial charge is 0.136 e. The summed E-state index contributed by atoms with van der Waals surface area (Å²) in [5.74, 6) is 1.51. The zero-order chi connectivity index (χ0) is 11.0. The topological polar surface area (TPSA) is 13.1 Å². The van der Waals surface area contributed by atoms with Crippen molar-refractivity contribution in [2.24, 2.45) is 0 Å². The Bertz CT molecular complexity index is 482. The Hall–Kier alpha value is -0.950. The van der Waals surface area contributed by atoms with Crippen LogP contribution in [0.3, 0.4) is 0 Å². The van der Waals surface area contributed by atoms with Gasteiger partial charge in [-0.1, -0.05) is 38.4 Å². The number of aryl methyl sites for hydroxylation is 1. The van der Waals surface area contributed by atoms with E-state index in [4.69, 9.17) is 16.0 Å². The van der Waals surface area contributed by atoms with Crippen LogP contribution in [0, 0.1) is 0 Å². The van der Waals surface area contributed by atoms with E-state index in [0.717, 1.165) is 28.2 Å². The summed E-state index contributed by atoms with van der Waals surface area (Å²) in [7, 11) is 0. The Kier molecular flexibility index (Phi) is 2.74. The molecule has 0 fully saturated rings. The summed E-state index contributed by atoms with van der Waals surface area (Å²) in [6.07, 6.45) is 0.915. The Labute approximate surface area is 95.0 Å². The highest BCUT2D eigenvalue weighted by Gasteiger charge is 2.17. The van der Waals surface area contributed by atoms with Gasteiger partial charge in [0.15, 0.2) is 0 Å². The fourth-order valence-electron chi connectivity index (χ4n) is 2.05. The Morgan fingerprint density at radius 3 is 2.67 bits per heavy atom. The molecule has 1 heterocycles. The number of fused-ring (bicyclic) bond motifs is 1. The van der Waals surface area contributed by atoms with E-state index in [9.17, 15) is 0 Å². The quantitative estimate of drug-likeness (QED) is 0.713. The van der Waals surface area contributed by atoms with E-state index in [2.05, 4.69) is 20.8 Å². The van der Waals surface area contributed by atoms with Crippen molar-refractivity contribution >= 4 is 22.6 Å². The Morgan fingerprint density at radius 1 is 1.33 bits per heavy atom. The van der Waals surface area contributed by atoms with Crippen LogP contribution in [-0.4, -0.2) is 0 Å². The lowest BCUT2D eigenvalue weighted by atomic mass is 9.98. The van der Waals surface area contributed by atoms with Gasteiger partial charge >= 0.3 is 0 Å².